The van der Waals surface area contributed by atoms with Crippen molar-refractivity contribution in [3.63, 3.8) is 0 Å². The fourth-order valence-electron chi connectivity index (χ4n) is 3.88. The number of hydrogen-bond acceptors (Lipinski definition) is 5. The second-order valence-electron chi connectivity index (χ2n) is 7.76. The number of hydrogen-bond donors (Lipinski definition) is 2. The van der Waals surface area contributed by atoms with Gasteiger partial charge in [0.15, 0.2) is 0 Å². The van der Waals surface area contributed by atoms with Crippen LogP contribution < -0.4 is 25.0 Å². The molecule has 1 atom stereocenters. The average molecular weight is 426 g/mol. The van der Waals surface area contributed by atoms with Gasteiger partial charge in [0.25, 0.3) is 0 Å². The van der Waals surface area contributed by atoms with E-state index >= 15 is 0 Å². The van der Waals surface area contributed by atoms with Crippen molar-refractivity contribution in [1.82, 2.24) is 10.6 Å². The normalized spacial score (nSPS) is 15.1. The lowest BCUT2D eigenvalue weighted by Gasteiger charge is -2.34. The lowest BCUT2D eigenvalue weighted by atomic mass is 10.0. The summed E-state index contributed by atoms with van der Waals surface area (Å²) in [6.07, 6.45) is 1.96. The third-order valence-electron chi connectivity index (χ3n) is 5.58. The molecule has 1 aliphatic heterocycles. The summed E-state index contributed by atoms with van der Waals surface area (Å²) in [6, 6.07) is 15.2. The number of ether oxygens (including phenoxy) is 2. The Balaban J connectivity index is 1.53. The fraction of sp³-hybridized carbons (Fsp3) is 0.417. The molecule has 2 aromatic carbocycles. The minimum absolute atomic E-state index is 0.0579. The van der Waals surface area contributed by atoms with Gasteiger partial charge in [-0.05, 0) is 54.8 Å². The van der Waals surface area contributed by atoms with Crippen LogP contribution >= 0.6 is 0 Å². The van der Waals surface area contributed by atoms with Crippen molar-refractivity contribution in [3.8, 4) is 11.5 Å². The van der Waals surface area contributed by atoms with Crippen LogP contribution in [0.1, 0.15) is 37.8 Å². The summed E-state index contributed by atoms with van der Waals surface area (Å²) in [5.41, 5.74) is 2.04. The third-order valence-corrected chi connectivity index (χ3v) is 5.58. The summed E-state index contributed by atoms with van der Waals surface area (Å²) in [5, 5.41) is 6.02. The number of anilines is 1. The van der Waals surface area contributed by atoms with E-state index in [2.05, 4.69) is 27.7 Å². The van der Waals surface area contributed by atoms with Crippen LogP contribution in [0.15, 0.2) is 48.5 Å². The van der Waals surface area contributed by atoms with Crippen LogP contribution in [0.25, 0.3) is 0 Å². The highest BCUT2D eigenvalue weighted by Gasteiger charge is 2.23. The zero-order chi connectivity index (χ0) is 22.2. The largest absolute Gasteiger partial charge is 0.497 e. The van der Waals surface area contributed by atoms with Gasteiger partial charge in [-0.15, -0.1) is 0 Å². The Morgan fingerprint density at radius 3 is 2.03 bits per heavy atom. The predicted octanol–water partition coefficient (Wildman–Crippen LogP) is 3.06. The van der Waals surface area contributed by atoms with Crippen molar-refractivity contribution in [3.05, 3.63) is 54.1 Å². The van der Waals surface area contributed by atoms with E-state index in [1.54, 1.807) is 14.2 Å². The van der Waals surface area contributed by atoms with E-state index in [1.807, 2.05) is 36.4 Å². The van der Waals surface area contributed by atoms with Crippen LogP contribution in [0.2, 0.25) is 0 Å². The molecule has 166 valence electrons. The first-order chi connectivity index (χ1) is 15.0. The molecule has 31 heavy (non-hydrogen) atoms. The van der Waals surface area contributed by atoms with Crippen LogP contribution in [0, 0.1) is 0 Å². The summed E-state index contributed by atoms with van der Waals surface area (Å²) in [6.45, 7) is 3.22. The lowest BCUT2D eigenvalue weighted by Crippen LogP contribution is -2.45. The Bertz CT molecular complexity index is 859. The van der Waals surface area contributed by atoms with Gasteiger partial charge in [-0.3, -0.25) is 9.59 Å². The molecule has 2 N–H and O–H groups in total. The van der Waals surface area contributed by atoms with E-state index < -0.39 is 0 Å². The van der Waals surface area contributed by atoms with E-state index in [1.165, 1.54) is 6.92 Å². The number of amides is 2. The predicted molar refractivity (Wildman–Crippen MR) is 121 cm³/mol. The summed E-state index contributed by atoms with van der Waals surface area (Å²) in [5.74, 6) is 1.36. The fourth-order valence-corrected chi connectivity index (χ4v) is 3.88. The van der Waals surface area contributed by atoms with Crippen LogP contribution in [-0.4, -0.2) is 45.2 Å². The Morgan fingerprint density at radius 1 is 0.968 bits per heavy atom. The molecule has 1 heterocycles. The van der Waals surface area contributed by atoms with Crippen molar-refractivity contribution in [1.29, 1.82) is 0 Å². The summed E-state index contributed by atoms with van der Waals surface area (Å²) in [7, 11) is 3.27. The van der Waals surface area contributed by atoms with Gasteiger partial charge < -0.3 is 25.0 Å². The zero-order valence-electron chi connectivity index (χ0n) is 18.4. The molecule has 2 amide bonds. The molecule has 1 saturated heterocycles. The standard InChI is InChI=1S/C24H31N3O4/c1-17(28)25-23(18-4-8-21(30-2)9-5-18)16-24(29)26-19-12-14-27(15-13-19)20-6-10-22(31-3)11-7-20/h4-11,19,23H,12-16H2,1-3H3,(H,25,28)(H,26,29). The molecular weight excluding hydrogens is 394 g/mol. The van der Waals surface area contributed by atoms with Crippen molar-refractivity contribution in [2.45, 2.75) is 38.3 Å². The Kier molecular flexibility index (Phi) is 7.76. The number of methoxy groups -OCH3 is 2. The molecule has 2 aromatic rings. The summed E-state index contributed by atoms with van der Waals surface area (Å²) < 4.78 is 10.4. The van der Waals surface area contributed by atoms with Gasteiger partial charge in [0, 0.05) is 31.7 Å². The molecule has 0 spiro atoms. The molecule has 7 heteroatoms. The minimum atomic E-state index is -0.372. The molecule has 0 saturated carbocycles. The van der Waals surface area contributed by atoms with Gasteiger partial charge in [-0.2, -0.15) is 0 Å². The van der Waals surface area contributed by atoms with Crippen molar-refractivity contribution in [2.75, 3.05) is 32.2 Å². The van der Waals surface area contributed by atoms with E-state index in [4.69, 9.17) is 9.47 Å². The molecule has 0 aromatic heterocycles. The second-order valence-corrected chi connectivity index (χ2v) is 7.76. The third kappa shape index (κ3) is 6.38. The summed E-state index contributed by atoms with van der Waals surface area (Å²) in [4.78, 5) is 26.7. The van der Waals surface area contributed by atoms with Gasteiger partial charge in [0.1, 0.15) is 11.5 Å². The van der Waals surface area contributed by atoms with E-state index in [9.17, 15) is 9.59 Å². The highest BCUT2D eigenvalue weighted by molar-refractivity contribution is 5.79. The van der Waals surface area contributed by atoms with Crippen LogP contribution in [0.3, 0.4) is 0 Å². The van der Waals surface area contributed by atoms with Crippen molar-refractivity contribution >= 4 is 17.5 Å². The average Bonchev–Trinajstić information content (AvgIpc) is 2.79. The molecular formula is C24H31N3O4. The lowest BCUT2D eigenvalue weighted by molar-refractivity contribution is -0.123. The number of carbonyl (C=O) groups is 2. The Hall–Kier alpha value is -3.22. The monoisotopic (exact) mass is 425 g/mol. The molecule has 0 aliphatic carbocycles. The van der Waals surface area contributed by atoms with Gasteiger partial charge in [0.05, 0.1) is 26.7 Å². The summed E-state index contributed by atoms with van der Waals surface area (Å²) >= 11 is 0. The number of benzene rings is 2. The van der Waals surface area contributed by atoms with E-state index in [-0.39, 0.29) is 30.3 Å². The first kappa shape index (κ1) is 22.5. The zero-order valence-corrected chi connectivity index (χ0v) is 18.4. The maximum Gasteiger partial charge on any atom is 0.222 e. The topological polar surface area (TPSA) is 79.9 Å². The highest BCUT2D eigenvalue weighted by Crippen LogP contribution is 2.24. The van der Waals surface area contributed by atoms with Gasteiger partial charge >= 0.3 is 0 Å². The molecule has 7 nitrogen and oxygen atoms in total. The maximum atomic E-state index is 12.7. The number of carbonyl (C=O) groups excluding carboxylic acids is 2. The first-order valence-electron chi connectivity index (χ1n) is 10.6. The van der Waals surface area contributed by atoms with Crippen LogP contribution in [0.4, 0.5) is 5.69 Å². The van der Waals surface area contributed by atoms with Crippen LogP contribution in [0.5, 0.6) is 11.5 Å². The maximum absolute atomic E-state index is 12.7. The van der Waals surface area contributed by atoms with Crippen molar-refractivity contribution in [2.24, 2.45) is 0 Å². The van der Waals surface area contributed by atoms with E-state index in [0.717, 1.165) is 48.7 Å². The minimum Gasteiger partial charge on any atom is -0.497 e. The Morgan fingerprint density at radius 2 is 1.52 bits per heavy atom. The van der Waals surface area contributed by atoms with Gasteiger partial charge in [-0.1, -0.05) is 12.1 Å². The molecule has 0 radical (unpaired) electrons. The molecule has 1 fully saturated rings. The van der Waals surface area contributed by atoms with Crippen molar-refractivity contribution < 1.29 is 19.1 Å². The Labute approximate surface area is 183 Å². The first-order valence-corrected chi connectivity index (χ1v) is 10.6. The molecule has 0 bridgehead atoms. The quantitative estimate of drug-likeness (QED) is 0.680. The number of nitrogens with one attached hydrogen (secondary N) is 2. The molecule has 1 unspecified atom stereocenters. The number of piperidine rings is 1. The van der Waals surface area contributed by atoms with Crippen LogP contribution in [-0.2, 0) is 9.59 Å². The highest BCUT2D eigenvalue weighted by atomic mass is 16.5. The SMILES string of the molecule is COc1ccc(C(CC(=O)NC2CCN(c3ccc(OC)cc3)CC2)NC(C)=O)cc1. The molecule has 3 rings (SSSR count). The number of nitrogens with zero attached hydrogens (tertiary/aromatic N) is 1. The smallest absolute Gasteiger partial charge is 0.222 e. The van der Waals surface area contributed by atoms with E-state index in [0.29, 0.717) is 0 Å². The van der Waals surface area contributed by atoms with Gasteiger partial charge in [0.2, 0.25) is 11.8 Å². The molecule has 1 aliphatic rings. The second kappa shape index (κ2) is 10.7. The van der Waals surface area contributed by atoms with Gasteiger partial charge in [-0.25, -0.2) is 0 Å². The number of rotatable bonds is 8.